The van der Waals surface area contributed by atoms with E-state index in [1.807, 2.05) is 91.0 Å². The zero-order valence-electron chi connectivity index (χ0n) is 19.1. The van der Waals surface area contributed by atoms with Crippen LogP contribution in [-0.4, -0.2) is 12.1 Å². The van der Waals surface area contributed by atoms with Crippen molar-refractivity contribution >= 4 is 27.6 Å². The standard InChI is InChI=1S/C30H25BrN2O2/c1-2-27-29(26-18-15-24(31)19-28(26)35-20-21-9-5-3-6-10-21)33(30(34)32-27)25-16-13-23(14-17-25)22-11-7-4-8-12-22/h2-19,27,29H,1,20H2,(H,32,34)/t27-,29+/m0/s1. The highest BCUT2D eigenvalue weighted by Crippen LogP contribution is 2.40. The van der Waals surface area contributed by atoms with Gasteiger partial charge in [0.25, 0.3) is 0 Å². The molecule has 1 aliphatic rings. The van der Waals surface area contributed by atoms with E-state index in [-0.39, 0.29) is 18.1 Å². The number of carbonyl (C=O) groups is 1. The number of halogens is 1. The summed E-state index contributed by atoms with van der Waals surface area (Å²) in [6, 6.07) is 33.5. The van der Waals surface area contributed by atoms with Gasteiger partial charge in [-0.25, -0.2) is 4.79 Å². The Hall–Kier alpha value is -3.83. The molecule has 174 valence electrons. The maximum atomic E-state index is 13.2. The van der Waals surface area contributed by atoms with Crippen molar-refractivity contribution in [1.82, 2.24) is 5.32 Å². The number of carbonyl (C=O) groups excluding carboxylic acids is 1. The molecule has 0 saturated carbocycles. The van der Waals surface area contributed by atoms with Crippen LogP contribution in [0.25, 0.3) is 11.1 Å². The van der Waals surface area contributed by atoms with Crippen molar-refractivity contribution in [3.63, 3.8) is 0 Å². The fraction of sp³-hybridized carbons (Fsp3) is 0.100. The molecule has 0 bridgehead atoms. The molecule has 1 saturated heterocycles. The van der Waals surface area contributed by atoms with Crippen LogP contribution in [0.1, 0.15) is 17.2 Å². The monoisotopic (exact) mass is 524 g/mol. The van der Waals surface area contributed by atoms with E-state index in [1.54, 1.807) is 11.0 Å². The van der Waals surface area contributed by atoms with Gasteiger partial charge in [0.05, 0.1) is 12.1 Å². The van der Waals surface area contributed by atoms with Crippen molar-refractivity contribution in [3.8, 4) is 16.9 Å². The summed E-state index contributed by atoms with van der Waals surface area (Å²) < 4.78 is 7.19. The first-order valence-corrected chi connectivity index (χ1v) is 12.3. The predicted molar refractivity (Wildman–Crippen MR) is 145 cm³/mol. The minimum Gasteiger partial charge on any atom is -0.488 e. The second kappa shape index (κ2) is 10.2. The lowest BCUT2D eigenvalue weighted by molar-refractivity contribution is 0.251. The number of urea groups is 1. The summed E-state index contributed by atoms with van der Waals surface area (Å²) in [5.41, 5.74) is 5.04. The molecule has 1 fully saturated rings. The number of ether oxygens (including phenoxy) is 1. The molecule has 1 aliphatic heterocycles. The van der Waals surface area contributed by atoms with Gasteiger partial charge in [-0.2, -0.15) is 0 Å². The summed E-state index contributed by atoms with van der Waals surface area (Å²) in [7, 11) is 0. The lowest BCUT2D eigenvalue weighted by atomic mass is 9.97. The third-order valence-corrected chi connectivity index (χ3v) is 6.66. The maximum absolute atomic E-state index is 13.2. The summed E-state index contributed by atoms with van der Waals surface area (Å²) in [5, 5.41) is 3.06. The molecule has 2 atom stereocenters. The number of hydrogen-bond acceptors (Lipinski definition) is 2. The molecule has 0 aliphatic carbocycles. The lowest BCUT2D eigenvalue weighted by Crippen LogP contribution is -2.29. The van der Waals surface area contributed by atoms with Crippen molar-refractivity contribution in [2.75, 3.05) is 4.90 Å². The van der Waals surface area contributed by atoms with Crippen molar-refractivity contribution in [3.05, 3.63) is 131 Å². The van der Waals surface area contributed by atoms with Crippen LogP contribution in [0.15, 0.2) is 120 Å². The van der Waals surface area contributed by atoms with Gasteiger partial charge in [0.1, 0.15) is 12.4 Å². The van der Waals surface area contributed by atoms with E-state index in [0.717, 1.165) is 38.2 Å². The third-order valence-electron chi connectivity index (χ3n) is 6.17. The number of hydrogen-bond donors (Lipinski definition) is 1. The average molecular weight is 525 g/mol. The topological polar surface area (TPSA) is 41.6 Å². The summed E-state index contributed by atoms with van der Waals surface area (Å²) >= 11 is 3.57. The molecule has 0 unspecified atom stereocenters. The summed E-state index contributed by atoms with van der Waals surface area (Å²) in [6.45, 7) is 4.42. The lowest BCUT2D eigenvalue weighted by Gasteiger charge is -2.28. The first-order valence-electron chi connectivity index (χ1n) is 11.5. The molecule has 5 rings (SSSR count). The van der Waals surface area contributed by atoms with Crippen molar-refractivity contribution < 1.29 is 9.53 Å². The second-order valence-electron chi connectivity index (χ2n) is 8.40. The van der Waals surface area contributed by atoms with Gasteiger partial charge in [-0.1, -0.05) is 101 Å². The average Bonchev–Trinajstić information content (AvgIpc) is 3.24. The molecule has 1 N–H and O–H groups in total. The van der Waals surface area contributed by atoms with Gasteiger partial charge in [0.2, 0.25) is 0 Å². The Morgan fingerprint density at radius 1 is 0.886 bits per heavy atom. The fourth-order valence-corrected chi connectivity index (χ4v) is 4.77. The van der Waals surface area contributed by atoms with Crippen molar-refractivity contribution in [1.29, 1.82) is 0 Å². The number of rotatable bonds is 7. The SMILES string of the molecule is C=C[C@@H]1NC(=O)N(c2ccc(-c3ccccc3)cc2)[C@@H]1c1ccc(Br)cc1OCc1ccccc1. The Kier molecular flexibility index (Phi) is 6.68. The largest absolute Gasteiger partial charge is 0.488 e. The Labute approximate surface area is 214 Å². The van der Waals surface area contributed by atoms with Gasteiger partial charge < -0.3 is 10.1 Å². The highest BCUT2D eigenvalue weighted by Gasteiger charge is 2.41. The molecule has 5 heteroatoms. The minimum absolute atomic E-state index is 0.163. The molecule has 4 aromatic rings. The van der Waals surface area contributed by atoms with Gasteiger partial charge in [0.15, 0.2) is 0 Å². The van der Waals surface area contributed by atoms with Crippen LogP contribution >= 0.6 is 15.9 Å². The molecular formula is C30H25BrN2O2. The van der Waals surface area contributed by atoms with E-state index in [9.17, 15) is 4.79 Å². The Balaban J connectivity index is 1.50. The highest BCUT2D eigenvalue weighted by molar-refractivity contribution is 9.10. The quantitative estimate of drug-likeness (QED) is 0.254. The van der Waals surface area contributed by atoms with Gasteiger partial charge in [-0.05, 0) is 41.0 Å². The van der Waals surface area contributed by atoms with Crippen molar-refractivity contribution in [2.24, 2.45) is 0 Å². The zero-order valence-corrected chi connectivity index (χ0v) is 20.7. The second-order valence-corrected chi connectivity index (χ2v) is 9.31. The van der Waals surface area contributed by atoms with E-state index in [0.29, 0.717) is 6.61 Å². The number of nitrogens with zero attached hydrogens (tertiary/aromatic N) is 1. The number of amides is 2. The van der Waals surface area contributed by atoms with Crippen LogP contribution in [0.5, 0.6) is 5.75 Å². The summed E-state index contributed by atoms with van der Waals surface area (Å²) in [4.78, 5) is 14.9. The molecule has 2 amide bonds. The highest BCUT2D eigenvalue weighted by atomic mass is 79.9. The van der Waals surface area contributed by atoms with E-state index in [1.165, 1.54) is 0 Å². The van der Waals surface area contributed by atoms with Crippen LogP contribution in [0.2, 0.25) is 0 Å². The third kappa shape index (κ3) is 4.86. The van der Waals surface area contributed by atoms with Crippen LogP contribution in [0.3, 0.4) is 0 Å². The molecule has 1 heterocycles. The van der Waals surface area contributed by atoms with Crippen LogP contribution in [-0.2, 0) is 6.61 Å². The van der Waals surface area contributed by atoms with E-state index in [2.05, 4.69) is 40.0 Å². The molecule has 0 spiro atoms. The fourth-order valence-electron chi connectivity index (χ4n) is 4.43. The molecule has 4 aromatic carbocycles. The molecule has 0 radical (unpaired) electrons. The molecule has 0 aromatic heterocycles. The van der Waals surface area contributed by atoms with E-state index in [4.69, 9.17) is 4.74 Å². The molecular weight excluding hydrogens is 500 g/mol. The maximum Gasteiger partial charge on any atom is 0.323 e. The first-order chi connectivity index (χ1) is 17.1. The zero-order chi connectivity index (χ0) is 24.2. The minimum atomic E-state index is -0.304. The molecule has 4 nitrogen and oxygen atoms in total. The summed E-state index contributed by atoms with van der Waals surface area (Å²) in [6.07, 6.45) is 1.78. The predicted octanol–water partition coefficient (Wildman–Crippen LogP) is 7.52. The smallest absolute Gasteiger partial charge is 0.323 e. The first kappa shape index (κ1) is 22.9. The summed E-state index contributed by atoms with van der Waals surface area (Å²) in [5.74, 6) is 0.725. The van der Waals surface area contributed by atoms with Crippen LogP contribution < -0.4 is 15.0 Å². The number of anilines is 1. The molecule has 35 heavy (non-hydrogen) atoms. The van der Waals surface area contributed by atoms with E-state index >= 15 is 0 Å². The van der Waals surface area contributed by atoms with Gasteiger partial charge in [-0.15, -0.1) is 6.58 Å². The normalized spacial score (nSPS) is 17.2. The van der Waals surface area contributed by atoms with Gasteiger partial charge >= 0.3 is 6.03 Å². The van der Waals surface area contributed by atoms with Crippen LogP contribution in [0, 0.1) is 0 Å². The number of benzene rings is 4. The van der Waals surface area contributed by atoms with E-state index < -0.39 is 0 Å². The van der Waals surface area contributed by atoms with Gasteiger partial charge in [-0.3, -0.25) is 4.90 Å². The van der Waals surface area contributed by atoms with Crippen LogP contribution in [0.4, 0.5) is 10.5 Å². The van der Waals surface area contributed by atoms with Gasteiger partial charge in [0, 0.05) is 15.7 Å². The Morgan fingerprint density at radius 2 is 1.54 bits per heavy atom. The van der Waals surface area contributed by atoms with Crippen molar-refractivity contribution in [2.45, 2.75) is 18.7 Å². The Morgan fingerprint density at radius 3 is 2.23 bits per heavy atom. The Bertz CT molecular complexity index is 1320. The number of nitrogens with one attached hydrogen (secondary N) is 1.